The molecule has 4 atom stereocenters. The molecule has 1 saturated carbocycles. The Bertz CT molecular complexity index is 786. The third-order valence-electron chi connectivity index (χ3n) is 6.33. The molecule has 0 bridgehead atoms. The Balaban J connectivity index is 1.69. The minimum atomic E-state index is -0.323. The van der Waals surface area contributed by atoms with Crippen LogP contribution in [0.25, 0.3) is 0 Å². The zero-order chi connectivity index (χ0) is 19.8. The lowest BCUT2D eigenvalue weighted by Gasteiger charge is -2.37. The van der Waals surface area contributed by atoms with Crippen LogP contribution in [0.1, 0.15) is 44.2 Å². The number of carbonyl (C=O) groups is 2. The van der Waals surface area contributed by atoms with E-state index in [2.05, 4.69) is 11.8 Å². The van der Waals surface area contributed by atoms with E-state index in [1.165, 1.54) is 0 Å². The highest BCUT2D eigenvalue weighted by atomic mass is 16.5. The van der Waals surface area contributed by atoms with Crippen molar-refractivity contribution in [3.05, 3.63) is 47.2 Å². The minimum absolute atomic E-state index is 0.108. The van der Waals surface area contributed by atoms with Gasteiger partial charge >= 0.3 is 0 Å². The molecule has 3 aliphatic rings. The molecule has 4 rings (SSSR count). The molecule has 1 amide bonds. The highest BCUT2D eigenvalue weighted by Crippen LogP contribution is 2.47. The standard InChI is InChI=1S/C23H30N2O3/c1-15-10-11-18-17(14-15)21(26)19-20(16-8-5-4-6-9-16)25(13-7-12-24(2)3)23(27)22(19)28-18/h4-6,8-9,15,17-18,20H,7,10-14H2,1-3H3. The summed E-state index contributed by atoms with van der Waals surface area (Å²) < 4.78 is 6.21. The molecule has 0 N–H and O–H groups in total. The average Bonchev–Trinajstić information content (AvgIpc) is 2.95. The topological polar surface area (TPSA) is 49.9 Å². The van der Waals surface area contributed by atoms with Crippen LogP contribution in [-0.4, -0.2) is 54.8 Å². The van der Waals surface area contributed by atoms with Gasteiger partial charge in [-0.05, 0) is 57.8 Å². The maximum atomic E-state index is 13.5. The van der Waals surface area contributed by atoms with Crippen molar-refractivity contribution in [2.75, 3.05) is 27.2 Å². The van der Waals surface area contributed by atoms with E-state index in [9.17, 15) is 9.59 Å². The molecule has 1 aromatic carbocycles. The highest BCUT2D eigenvalue weighted by Gasteiger charge is 2.52. The van der Waals surface area contributed by atoms with Gasteiger partial charge in [0.2, 0.25) is 0 Å². The van der Waals surface area contributed by atoms with Gasteiger partial charge in [0.1, 0.15) is 6.10 Å². The molecule has 0 saturated heterocycles. The lowest BCUT2D eigenvalue weighted by molar-refractivity contribution is -0.136. The van der Waals surface area contributed by atoms with Crippen molar-refractivity contribution in [3.63, 3.8) is 0 Å². The predicted molar refractivity (Wildman–Crippen MR) is 107 cm³/mol. The second kappa shape index (κ2) is 7.70. The largest absolute Gasteiger partial charge is 0.483 e. The second-order valence-corrected chi connectivity index (χ2v) is 8.76. The smallest absolute Gasteiger partial charge is 0.290 e. The molecule has 1 aromatic rings. The van der Waals surface area contributed by atoms with Crippen LogP contribution in [0.4, 0.5) is 0 Å². The van der Waals surface area contributed by atoms with Crippen molar-refractivity contribution < 1.29 is 14.3 Å². The van der Waals surface area contributed by atoms with Crippen molar-refractivity contribution in [3.8, 4) is 0 Å². The molecule has 4 unspecified atom stereocenters. The first-order valence-electron chi connectivity index (χ1n) is 10.4. The summed E-state index contributed by atoms with van der Waals surface area (Å²) in [5.41, 5.74) is 1.58. The molecule has 1 fully saturated rings. The van der Waals surface area contributed by atoms with Crippen LogP contribution in [0.15, 0.2) is 41.7 Å². The van der Waals surface area contributed by atoms with Crippen molar-refractivity contribution in [1.82, 2.24) is 9.80 Å². The SMILES string of the molecule is CC1CCC2OC3=C(C(=O)C2C1)C(c1ccccc1)N(CCCN(C)C)C3=O. The summed E-state index contributed by atoms with van der Waals surface area (Å²) in [7, 11) is 4.06. The first-order chi connectivity index (χ1) is 13.5. The van der Waals surface area contributed by atoms with E-state index in [1.807, 2.05) is 49.3 Å². The number of amides is 1. The normalized spacial score (nSPS) is 29.8. The van der Waals surface area contributed by atoms with E-state index in [-0.39, 0.29) is 29.8 Å². The second-order valence-electron chi connectivity index (χ2n) is 8.76. The monoisotopic (exact) mass is 382 g/mol. The molecule has 150 valence electrons. The van der Waals surface area contributed by atoms with E-state index in [0.717, 1.165) is 37.8 Å². The zero-order valence-corrected chi connectivity index (χ0v) is 17.1. The molecular formula is C23H30N2O3. The van der Waals surface area contributed by atoms with Crippen LogP contribution in [-0.2, 0) is 14.3 Å². The van der Waals surface area contributed by atoms with Gasteiger partial charge in [-0.15, -0.1) is 0 Å². The maximum Gasteiger partial charge on any atom is 0.290 e. The van der Waals surface area contributed by atoms with Crippen molar-refractivity contribution in [2.45, 2.75) is 44.8 Å². The molecular weight excluding hydrogens is 352 g/mol. The van der Waals surface area contributed by atoms with Gasteiger partial charge in [-0.3, -0.25) is 9.59 Å². The van der Waals surface area contributed by atoms with Gasteiger partial charge in [0, 0.05) is 6.54 Å². The number of nitrogens with zero attached hydrogens (tertiary/aromatic N) is 2. The summed E-state index contributed by atoms with van der Waals surface area (Å²) in [4.78, 5) is 30.7. The van der Waals surface area contributed by atoms with E-state index >= 15 is 0 Å². The molecule has 1 aliphatic carbocycles. The Morgan fingerprint density at radius 2 is 1.89 bits per heavy atom. The van der Waals surface area contributed by atoms with Crippen LogP contribution in [0.5, 0.6) is 0 Å². The molecule has 2 heterocycles. The summed E-state index contributed by atoms with van der Waals surface area (Å²) in [6.45, 7) is 3.72. The molecule has 5 nitrogen and oxygen atoms in total. The van der Waals surface area contributed by atoms with E-state index in [0.29, 0.717) is 23.8 Å². The summed E-state index contributed by atoms with van der Waals surface area (Å²) >= 11 is 0. The third-order valence-corrected chi connectivity index (χ3v) is 6.33. The lowest BCUT2D eigenvalue weighted by Crippen LogP contribution is -2.41. The third kappa shape index (κ3) is 3.37. The van der Waals surface area contributed by atoms with Crippen LogP contribution in [0.3, 0.4) is 0 Å². The van der Waals surface area contributed by atoms with Crippen LogP contribution < -0.4 is 0 Å². The van der Waals surface area contributed by atoms with E-state index in [1.54, 1.807) is 0 Å². The number of rotatable bonds is 5. The van der Waals surface area contributed by atoms with Gasteiger partial charge in [-0.2, -0.15) is 0 Å². The number of ketones is 1. The first kappa shape index (κ1) is 19.2. The number of fused-ring (bicyclic) bond motifs is 1. The number of carbonyl (C=O) groups excluding carboxylic acids is 2. The van der Waals surface area contributed by atoms with Gasteiger partial charge in [-0.25, -0.2) is 0 Å². The molecule has 28 heavy (non-hydrogen) atoms. The summed E-state index contributed by atoms with van der Waals surface area (Å²) in [6, 6.07) is 9.60. The number of benzene rings is 1. The fourth-order valence-electron chi connectivity index (χ4n) is 4.89. The summed E-state index contributed by atoms with van der Waals surface area (Å²) in [5.74, 6) is 0.755. The number of ether oxygens (including phenoxy) is 1. The predicted octanol–water partition coefficient (Wildman–Crippen LogP) is 3.18. The first-order valence-corrected chi connectivity index (χ1v) is 10.4. The maximum absolute atomic E-state index is 13.5. The van der Waals surface area contributed by atoms with Crippen LogP contribution in [0.2, 0.25) is 0 Å². The van der Waals surface area contributed by atoms with Gasteiger partial charge in [0.15, 0.2) is 11.5 Å². The van der Waals surface area contributed by atoms with Gasteiger partial charge in [-0.1, -0.05) is 37.3 Å². The molecule has 2 aliphatic heterocycles. The average molecular weight is 383 g/mol. The summed E-state index contributed by atoms with van der Waals surface area (Å²) in [5, 5.41) is 0. The number of hydrogen-bond acceptors (Lipinski definition) is 4. The minimum Gasteiger partial charge on any atom is -0.483 e. The molecule has 0 radical (unpaired) electrons. The van der Waals surface area contributed by atoms with Crippen LogP contribution >= 0.6 is 0 Å². The molecule has 5 heteroatoms. The lowest BCUT2D eigenvalue weighted by atomic mass is 9.74. The number of Topliss-reactive ketones (excluding diaryl/α,β-unsaturated/α-hetero) is 1. The Morgan fingerprint density at radius 3 is 2.61 bits per heavy atom. The zero-order valence-electron chi connectivity index (χ0n) is 17.1. The summed E-state index contributed by atoms with van der Waals surface area (Å²) in [6.07, 6.45) is 3.50. The van der Waals surface area contributed by atoms with Gasteiger partial charge in [0.25, 0.3) is 5.91 Å². The fourth-order valence-corrected chi connectivity index (χ4v) is 4.89. The van der Waals surface area contributed by atoms with E-state index in [4.69, 9.17) is 4.74 Å². The van der Waals surface area contributed by atoms with Crippen molar-refractivity contribution >= 4 is 11.7 Å². The van der Waals surface area contributed by atoms with E-state index < -0.39 is 0 Å². The van der Waals surface area contributed by atoms with Gasteiger partial charge < -0.3 is 14.5 Å². The molecule has 0 aromatic heterocycles. The highest BCUT2D eigenvalue weighted by molar-refractivity contribution is 6.11. The number of hydrogen-bond donors (Lipinski definition) is 0. The molecule has 0 spiro atoms. The Labute approximate surface area is 167 Å². The Kier molecular flexibility index (Phi) is 5.28. The fraction of sp³-hybridized carbons (Fsp3) is 0.565. The van der Waals surface area contributed by atoms with Crippen molar-refractivity contribution in [1.29, 1.82) is 0 Å². The quantitative estimate of drug-likeness (QED) is 0.785. The van der Waals surface area contributed by atoms with Crippen molar-refractivity contribution in [2.24, 2.45) is 11.8 Å². The van der Waals surface area contributed by atoms with Crippen LogP contribution in [0, 0.1) is 11.8 Å². The Hall–Kier alpha value is -2.14. The Morgan fingerprint density at radius 1 is 1.14 bits per heavy atom. The van der Waals surface area contributed by atoms with Gasteiger partial charge in [0.05, 0.1) is 17.5 Å².